The van der Waals surface area contributed by atoms with E-state index < -0.39 is 12.0 Å². The number of aromatic nitrogens is 2. The van der Waals surface area contributed by atoms with Gasteiger partial charge in [0.2, 0.25) is 5.91 Å². The molecule has 3 aromatic rings. The van der Waals surface area contributed by atoms with Crippen LogP contribution in [0.2, 0.25) is 0 Å². The lowest BCUT2D eigenvalue weighted by Crippen LogP contribution is -2.39. The number of fused-ring (bicyclic) bond motifs is 1. The monoisotopic (exact) mass is 391 g/mol. The second-order valence-corrected chi connectivity index (χ2v) is 7.28. The van der Waals surface area contributed by atoms with Gasteiger partial charge in [-0.05, 0) is 23.1 Å². The fourth-order valence-electron chi connectivity index (χ4n) is 3.58. The van der Waals surface area contributed by atoms with Crippen molar-refractivity contribution in [2.45, 2.75) is 31.6 Å². The molecular weight excluding hydrogens is 366 g/mol. The number of aliphatic hydroxyl groups is 1. The molecule has 0 bridgehead atoms. The highest BCUT2D eigenvalue weighted by Crippen LogP contribution is 2.25. The molecule has 29 heavy (non-hydrogen) atoms. The van der Waals surface area contributed by atoms with Crippen LogP contribution < -0.4 is 5.32 Å². The van der Waals surface area contributed by atoms with E-state index in [0.29, 0.717) is 19.7 Å². The van der Waals surface area contributed by atoms with Crippen molar-refractivity contribution in [1.82, 2.24) is 15.1 Å². The van der Waals surface area contributed by atoms with Crippen LogP contribution in [0.4, 0.5) is 0 Å². The molecule has 0 unspecified atom stereocenters. The van der Waals surface area contributed by atoms with E-state index in [1.165, 1.54) is 5.56 Å². The summed E-state index contributed by atoms with van der Waals surface area (Å²) in [6.45, 7) is 1.58. The molecule has 6 nitrogen and oxygen atoms in total. The topological polar surface area (TPSA) is 76.4 Å². The van der Waals surface area contributed by atoms with Crippen LogP contribution in [-0.2, 0) is 28.9 Å². The molecule has 0 radical (unpaired) electrons. The molecule has 1 amide bonds. The second-order valence-electron chi connectivity index (χ2n) is 7.28. The third kappa shape index (κ3) is 4.91. The number of nitrogens with zero attached hydrogens (tertiary/aromatic N) is 2. The van der Waals surface area contributed by atoms with Crippen molar-refractivity contribution < 1.29 is 14.6 Å². The molecule has 0 aliphatic carbocycles. The first-order valence-corrected chi connectivity index (χ1v) is 9.90. The lowest BCUT2D eigenvalue weighted by atomic mass is 10.1. The second kappa shape index (κ2) is 9.03. The average Bonchev–Trinajstić information content (AvgIpc) is 3.16. The minimum Gasteiger partial charge on any atom is -0.383 e. The number of carbonyl (C=O) groups is 1. The summed E-state index contributed by atoms with van der Waals surface area (Å²) in [5.74, 6) is -0.395. The van der Waals surface area contributed by atoms with E-state index in [4.69, 9.17) is 9.84 Å². The number of hydrogen-bond donors (Lipinski definition) is 2. The fourth-order valence-corrected chi connectivity index (χ4v) is 3.58. The van der Waals surface area contributed by atoms with Crippen molar-refractivity contribution in [2.75, 3.05) is 13.2 Å². The molecule has 1 aliphatic rings. The van der Waals surface area contributed by atoms with Crippen molar-refractivity contribution in [3.05, 3.63) is 89.2 Å². The van der Waals surface area contributed by atoms with Gasteiger partial charge in [-0.1, -0.05) is 60.7 Å². The number of amides is 1. The Morgan fingerprint density at radius 3 is 2.55 bits per heavy atom. The zero-order valence-corrected chi connectivity index (χ0v) is 16.2. The standard InChI is InChI=1S/C23H25N3O3/c27-20(13-17-7-3-1-4-8-17)23(28)24-14-21-22-19(11-12-29-21)16-26(25-22)15-18-9-5-2-6-10-18/h1-10,16,20-21,27H,11-15H2,(H,24,28)/t20-,21-/m1/s1. The van der Waals surface area contributed by atoms with Gasteiger partial charge < -0.3 is 15.2 Å². The number of carbonyl (C=O) groups excluding carboxylic acids is 1. The molecule has 2 heterocycles. The lowest BCUT2D eigenvalue weighted by Gasteiger charge is -2.22. The van der Waals surface area contributed by atoms with Crippen LogP contribution in [0.3, 0.4) is 0 Å². The fraction of sp³-hybridized carbons (Fsp3) is 0.304. The number of ether oxygens (including phenoxy) is 1. The van der Waals surface area contributed by atoms with Crippen LogP contribution in [0.1, 0.15) is 28.5 Å². The van der Waals surface area contributed by atoms with Crippen LogP contribution in [0, 0.1) is 0 Å². The first kappa shape index (κ1) is 19.4. The first-order chi connectivity index (χ1) is 14.2. The van der Waals surface area contributed by atoms with Gasteiger partial charge in [-0.25, -0.2) is 0 Å². The van der Waals surface area contributed by atoms with Gasteiger partial charge in [-0.15, -0.1) is 0 Å². The largest absolute Gasteiger partial charge is 0.383 e. The molecule has 2 atom stereocenters. The summed E-state index contributed by atoms with van der Waals surface area (Å²) in [5, 5.41) is 17.7. The Kier molecular flexibility index (Phi) is 6.03. The molecular formula is C23H25N3O3. The number of hydrogen-bond acceptors (Lipinski definition) is 4. The molecule has 150 valence electrons. The summed E-state index contributed by atoms with van der Waals surface area (Å²) in [6, 6.07) is 19.7. The van der Waals surface area contributed by atoms with Crippen molar-refractivity contribution in [3.63, 3.8) is 0 Å². The number of aliphatic hydroxyl groups excluding tert-OH is 1. The van der Waals surface area contributed by atoms with E-state index in [9.17, 15) is 9.90 Å². The van der Waals surface area contributed by atoms with E-state index in [-0.39, 0.29) is 12.5 Å². The Hall–Kier alpha value is -2.96. The summed E-state index contributed by atoms with van der Waals surface area (Å²) in [5.41, 5.74) is 4.12. The van der Waals surface area contributed by atoms with Gasteiger partial charge in [-0.2, -0.15) is 5.10 Å². The summed E-state index contributed by atoms with van der Waals surface area (Å²) in [4.78, 5) is 12.3. The minimum absolute atomic E-state index is 0.287. The molecule has 1 aliphatic heterocycles. The lowest BCUT2D eigenvalue weighted by molar-refractivity contribution is -0.130. The molecule has 6 heteroatoms. The van der Waals surface area contributed by atoms with E-state index in [2.05, 4.69) is 23.6 Å². The van der Waals surface area contributed by atoms with Crippen LogP contribution in [0.25, 0.3) is 0 Å². The zero-order chi connectivity index (χ0) is 20.1. The highest BCUT2D eigenvalue weighted by molar-refractivity contribution is 5.80. The van der Waals surface area contributed by atoms with Crippen molar-refractivity contribution in [3.8, 4) is 0 Å². The maximum absolute atomic E-state index is 12.3. The van der Waals surface area contributed by atoms with Crippen LogP contribution in [-0.4, -0.2) is 40.0 Å². The molecule has 2 N–H and O–H groups in total. The van der Waals surface area contributed by atoms with Crippen molar-refractivity contribution in [2.24, 2.45) is 0 Å². The molecule has 2 aromatic carbocycles. The molecule has 4 rings (SSSR count). The van der Waals surface area contributed by atoms with Crippen LogP contribution in [0.15, 0.2) is 66.9 Å². The van der Waals surface area contributed by atoms with Gasteiger partial charge in [0.05, 0.1) is 18.8 Å². The van der Waals surface area contributed by atoms with Crippen LogP contribution in [0.5, 0.6) is 0 Å². The summed E-state index contributed by atoms with van der Waals surface area (Å²) >= 11 is 0. The predicted molar refractivity (Wildman–Crippen MR) is 109 cm³/mol. The van der Waals surface area contributed by atoms with Gasteiger partial charge in [-0.3, -0.25) is 9.48 Å². The maximum Gasteiger partial charge on any atom is 0.249 e. The Labute approximate surface area is 170 Å². The van der Waals surface area contributed by atoms with E-state index >= 15 is 0 Å². The number of rotatable bonds is 7. The Morgan fingerprint density at radius 2 is 1.83 bits per heavy atom. The van der Waals surface area contributed by atoms with Crippen LogP contribution >= 0.6 is 0 Å². The van der Waals surface area contributed by atoms with E-state index in [1.807, 2.05) is 53.2 Å². The van der Waals surface area contributed by atoms with Gasteiger partial charge in [0.15, 0.2) is 0 Å². The summed E-state index contributed by atoms with van der Waals surface area (Å²) in [6.07, 6.45) is 1.77. The average molecular weight is 391 g/mol. The third-order valence-corrected chi connectivity index (χ3v) is 5.09. The molecule has 1 aromatic heterocycles. The van der Waals surface area contributed by atoms with Gasteiger partial charge >= 0.3 is 0 Å². The molecule has 0 saturated carbocycles. The normalized spacial score (nSPS) is 16.8. The quantitative estimate of drug-likeness (QED) is 0.648. The highest BCUT2D eigenvalue weighted by atomic mass is 16.5. The Morgan fingerprint density at radius 1 is 1.14 bits per heavy atom. The molecule has 0 spiro atoms. The van der Waals surface area contributed by atoms with Crippen molar-refractivity contribution in [1.29, 1.82) is 0 Å². The van der Waals surface area contributed by atoms with Gasteiger partial charge in [0.1, 0.15) is 12.2 Å². The molecule has 0 fully saturated rings. The zero-order valence-electron chi connectivity index (χ0n) is 16.2. The molecule has 0 saturated heterocycles. The minimum atomic E-state index is -1.09. The predicted octanol–water partition coefficient (Wildman–Crippen LogP) is 2.26. The first-order valence-electron chi connectivity index (χ1n) is 9.90. The van der Waals surface area contributed by atoms with E-state index in [0.717, 1.165) is 23.2 Å². The van der Waals surface area contributed by atoms with Crippen molar-refractivity contribution >= 4 is 5.91 Å². The summed E-state index contributed by atoms with van der Waals surface area (Å²) in [7, 11) is 0. The Balaban J connectivity index is 1.36. The van der Waals surface area contributed by atoms with Gasteiger partial charge in [0, 0.05) is 19.2 Å². The van der Waals surface area contributed by atoms with E-state index in [1.54, 1.807) is 0 Å². The maximum atomic E-state index is 12.3. The van der Waals surface area contributed by atoms with Gasteiger partial charge in [0.25, 0.3) is 0 Å². The third-order valence-electron chi connectivity index (χ3n) is 5.09. The SMILES string of the molecule is O=C(NC[C@H]1OCCc2cn(Cc3ccccc3)nc21)[C@H](O)Cc1ccccc1. The smallest absolute Gasteiger partial charge is 0.249 e. The Bertz CT molecular complexity index is 941. The number of benzene rings is 2. The number of nitrogens with one attached hydrogen (secondary N) is 1. The summed E-state index contributed by atoms with van der Waals surface area (Å²) < 4.78 is 7.77. The highest BCUT2D eigenvalue weighted by Gasteiger charge is 2.26.